The molecule has 2 heterocycles. The molecule has 2 atom stereocenters. The first-order valence-electron chi connectivity index (χ1n) is 11.3. The summed E-state index contributed by atoms with van der Waals surface area (Å²) in [5, 5.41) is 12.0. The molecule has 1 saturated heterocycles. The third kappa shape index (κ3) is 5.34. The van der Waals surface area contributed by atoms with Crippen LogP contribution >= 0.6 is 11.8 Å². The predicted molar refractivity (Wildman–Crippen MR) is 130 cm³/mol. The van der Waals surface area contributed by atoms with E-state index in [9.17, 15) is 24.5 Å². The maximum atomic E-state index is 13.3. The van der Waals surface area contributed by atoms with Crippen molar-refractivity contribution < 1.29 is 28.8 Å². The Hall–Kier alpha value is -3.34. The highest BCUT2D eigenvalue weighted by Gasteiger charge is 2.41. The second kappa shape index (κ2) is 11.4. The minimum Gasteiger partial charge on any atom is -0.466 e. The molecule has 0 radical (unpaired) electrons. The largest absolute Gasteiger partial charge is 0.466 e. The van der Waals surface area contributed by atoms with Crippen LogP contribution in [0.5, 0.6) is 0 Å². The van der Waals surface area contributed by atoms with Crippen LogP contribution in [0.4, 0.5) is 5.69 Å². The van der Waals surface area contributed by atoms with Gasteiger partial charge in [0, 0.05) is 43.2 Å². The van der Waals surface area contributed by atoms with Crippen molar-refractivity contribution in [2.75, 3.05) is 33.1 Å². The average molecular weight is 504 g/mol. The van der Waals surface area contributed by atoms with E-state index < -0.39 is 22.8 Å². The molecule has 188 valence electrons. The van der Waals surface area contributed by atoms with Crippen molar-refractivity contribution in [3.63, 3.8) is 0 Å². The number of carbonyl (C=O) groups excluding carboxylic acids is 3. The molecule has 0 N–H and O–H groups in total. The van der Waals surface area contributed by atoms with Gasteiger partial charge in [-0.2, -0.15) is 0 Å². The smallest absolute Gasteiger partial charge is 0.337 e. The number of amides is 1. The zero-order chi connectivity index (χ0) is 25.7. The first-order chi connectivity index (χ1) is 16.7. The van der Waals surface area contributed by atoms with Crippen LogP contribution in [-0.4, -0.2) is 72.2 Å². The van der Waals surface area contributed by atoms with E-state index in [-0.39, 0.29) is 29.5 Å². The van der Waals surface area contributed by atoms with E-state index in [1.165, 1.54) is 37.1 Å². The first kappa shape index (κ1) is 26.3. The van der Waals surface area contributed by atoms with Crippen LogP contribution < -0.4 is 0 Å². The van der Waals surface area contributed by atoms with Gasteiger partial charge in [-0.1, -0.05) is 12.1 Å². The third-order valence-corrected chi connectivity index (χ3v) is 7.61. The summed E-state index contributed by atoms with van der Waals surface area (Å²) in [7, 11) is 2.99. The molecule has 0 aliphatic carbocycles. The van der Waals surface area contributed by atoms with E-state index in [1.807, 2.05) is 0 Å². The Morgan fingerprint density at radius 1 is 1.29 bits per heavy atom. The molecule has 0 bridgehead atoms. The lowest BCUT2D eigenvalue weighted by atomic mass is 9.81. The van der Waals surface area contributed by atoms with Crippen molar-refractivity contribution in [3.8, 4) is 0 Å². The van der Waals surface area contributed by atoms with Gasteiger partial charge in [0.05, 0.1) is 40.7 Å². The summed E-state index contributed by atoms with van der Waals surface area (Å²) >= 11 is 1.40. The van der Waals surface area contributed by atoms with Gasteiger partial charge in [-0.25, -0.2) is 9.59 Å². The molecule has 0 saturated carbocycles. The predicted octanol–water partition coefficient (Wildman–Crippen LogP) is 3.20. The maximum absolute atomic E-state index is 13.3. The average Bonchev–Trinajstić information content (AvgIpc) is 3.31. The Kier molecular flexibility index (Phi) is 8.55. The SMILES string of the molecule is CCOC(=O)C1=C(SCC2CCCN2C=O)N(C)C(C)=C(C(=O)OC)C1c1cccc([N+](=O)[O-])c1. The van der Waals surface area contributed by atoms with Crippen molar-refractivity contribution in [1.82, 2.24) is 9.80 Å². The fourth-order valence-corrected chi connectivity index (χ4v) is 5.85. The summed E-state index contributed by atoms with van der Waals surface area (Å²) in [6.07, 6.45) is 2.61. The second-order valence-corrected chi connectivity index (χ2v) is 9.23. The maximum Gasteiger partial charge on any atom is 0.337 e. The summed E-state index contributed by atoms with van der Waals surface area (Å²) in [4.78, 5) is 52.1. The lowest BCUT2D eigenvalue weighted by molar-refractivity contribution is -0.384. The highest BCUT2D eigenvalue weighted by Crippen LogP contribution is 2.46. The molecule has 0 aromatic heterocycles. The van der Waals surface area contributed by atoms with Crippen LogP contribution in [0.3, 0.4) is 0 Å². The third-order valence-electron chi connectivity index (χ3n) is 6.29. The van der Waals surface area contributed by atoms with Crippen LogP contribution in [0.2, 0.25) is 0 Å². The van der Waals surface area contributed by atoms with Crippen LogP contribution in [0.25, 0.3) is 0 Å². The van der Waals surface area contributed by atoms with E-state index in [2.05, 4.69) is 0 Å². The van der Waals surface area contributed by atoms with Gasteiger partial charge >= 0.3 is 11.9 Å². The number of allylic oxidation sites excluding steroid dienone is 1. The van der Waals surface area contributed by atoms with E-state index in [0.29, 0.717) is 28.6 Å². The van der Waals surface area contributed by atoms with Crippen molar-refractivity contribution in [1.29, 1.82) is 0 Å². The number of likely N-dealkylation sites (tertiary alicyclic amines) is 1. The monoisotopic (exact) mass is 503 g/mol. The number of nitro benzene ring substituents is 1. The minimum atomic E-state index is -0.925. The number of nitrogens with zero attached hydrogens (tertiary/aromatic N) is 3. The summed E-state index contributed by atoms with van der Waals surface area (Å²) in [5.41, 5.74) is 1.22. The highest BCUT2D eigenvalue weighted by molar-refractivity contribution is 8.03. The molecule has 1 amide bonds. The van der Waals surface area contributed by atoms with Crippen molar-refractivity contribution in [3.05, 3.63) is 61.8 Å². The molecule has 3 rings (SSSR count). The first-order valence-corrected chi connectivity index (χ1v) is 12.3. The van der Waals surface area contributed by atoms with E-state index in [1.54, 1.807) is 36.8 Å². The number of benzene rings is 1. The molecular weight excluding hydrogens is 474 g/mol. The molecule has 1 aromatic rings. The number of carbonyl (C=O) groups is 3. The molecule has 1 fully saturated rings. The zero-order valence-corrected chi connectivity index (χ0v) is 21.0. The van der Waals surface area contributed by atoms with Gasteiger partial charge in [-0.05, 0) is 32.3 Å². The van der Waals surface area contributed by atoms with Gasteiger partial charge in [0.1, 0.15) is 0 Å². The number of nitro groups is 1. The fraction of sp³-hybridized carbons (Fsp3) is 0.458. The van der Waals surface area contributed by atoms with Gasteiger partial charge in [0.2, 0.25) is 6.41 Å². The van der Waals surface area contributed by atoms with Gasteiger partial charge < -0.3 is 19.3 Å². The van der Waals surface area contributed by atoms with Gasteiger partial charge in [0.15, 0.2) is 0 Å². The van der Waals surface area contributed by atoms with E-state index in [4.69, 9.17) is 9.47 Å². The molecule has 11 heteroatoms. The standard InChI is InChI=1S/C24H29N3O7S/c1-5-34-24(30)21-20(16-8-6-9-17(12-16)27(31)32)19(23(29)33-4)15(2)25(3)22(21)35-13-18-10-7-11-26(18)14-28/h6,8-9,12,14,18,20H,5,7,10-11,13H2,1-4H3. The Morgan fingerprint density at radius 2 is 2.03 bits per heavy atom. The summed E-state index contributed by atoms with van der Waals surface area (Å²) in [6, 6.07) is 5.89. The van der Waals surface area contributed by atoms with Crippen molar-refractivity contribution >= 4 is 35.8 Å². The number of esters is 2. The topological polar surface area (TPSA) is 119 Å². The van der Waals surface area contributed by atoms with Crippen molar-refractivity contribution in [2.45, 2.75) is 38.6 Å². The summed E-state index contributed by atoms with van der Waals surface area (Å²) in [6.45, 7) is 4.23. The van der Waals surface area contributed by atoms with Crippen LogP contribution in [0.1, 0.15) is 38.2 Å². The molecule has 2 unspecified atom stereocenters. The number of methoxy groups -OCH3 is 1. The Balaban J connectivity index is 2.18. The van der Waals surface area contributed by atoms with Gasteiger partial charge in [0.25, 0.3) is 5.69 Å². The lowest BCUT2D eigenvalue weighted by Gasteiger charge is -2.36. The molecule has 2 aliphatic heterocycles. The minimum absolute atomic E-state index is 0.0180. The highest BCUT2D eigenvalue weighted by atomic mass is 32.2. The van der Waals surface area contributed by atoms with Crippen LogP contribution in [0, 0.1) is 10.1 Å². The summed E-state index contributed by atoms with van der Waals surface area (Å²) < 4.78 is 10.4. The van der Waals surface area contributed by atoms with E-state index in [0.717, 1.165) is 19.3 Å². The van der Waals surface area contributed by atoms with Gasteiger partial charge in [-0.3, -0.25) is 14.9 Å². The molecular formula is C24H29N3O7S. The lowest BCUT2D eigenvalue weighted by Crippen LogP contribution is -2.35. The number of hydrogen-bond donors (Lipinski definition) is 0. The van der Waals surface area contributed by atoms with Crippen LogP contribution in [-0.2, 0) is 23.9 Å². The number of rotatable bonds is 9. The quantitative estimate of drug-likeness (QED) is 0.217. The van der Waals surface area contributed by atoms with Crippen molar-refractivity contribution in [2.24, 2.45) is 0 Å². The second-order valence-electron chi connectivity index (χ2n) is 8.22. The van der Waals surface area contributed by atoms with Gasteiger partial charge in [-0.15, -0.1) is 11.8 Å². The Labute approximate surface area is 208 Å². The normalized spacial score (nSPS) is 20.2. The van der Waals surface area contributed by atoms with E-state index >= 15 is 0 Å². The summed E-state index contributed by atoms with van der Waals surface area (Å²) in [5.74, 6) is -1.64. The molecule has 10 nitrogen and oxygen atoms in total. The zero-order valence-electron chi connectivity index (χ0n) is 20.2. The molecule has 1 aromatic carbocycles. The fourth-order valence-electron chi connectivity index (χ4n) is 4.46. The Bertz CT molecular complexity index is 1080. The number of thioether (sulfide) groups is 1. The number of non-ortho nitro benzene ring substituents is 1. The Morgan fingerprint density at radius 3 is 2.66 bits per heavy atom. The molecule has 2 aliphatic rings. The molecule has 35 heavy (non-hydrogen) atoms. The van der Waals surface area contributed by atoms with Crippen LogP contribution in [0.15, 0.2) is 46.1 Å². The molecule has 0 spiro atoms. The number of hydrogen-bond acceptors (Lipinski definition) is 9. The number of ether oxygens (including phenoxy) is 2.